The molecule has 1 aliphatic rings. The van der Waals surface area contributed by atoms with Crippen LogP contribution in [-0.4, -0.2) is 19.6 Å². The van der Waals surface area contributed by atoms with Gasteiger partial charge in [0.05, 0.1) is 6.04 Å². The van der Waals surface area contributed by atoms with Crippen LogP contribution in [0.15, 0.2) is 16.5 Å². The van der Waals surface area contributed by atoms with E-state index in [4.69, 9.17) is 7.85 Å². The molecule has 1 atom stereocenters. The molecule has 0 aromatic rings. The van der Waals surface area contributed by atoms with Crippen molar-refractivity contribution in [2.24, 2.45) is 4.99 Å². The normalized spacial score (nSPS) is 27.1. The maximum Gasteiger partial charge on any atom is 0.107 e. The van der Waals surface area contributed by atoms with Crippen molar-refractivity contribution in [2.45, 2.75) is 26.3 Å². The molecule has 2 radical (unpaired) electrons. The maximum absolute atomic E-state index is 5.60. The lowest BCUT2D eigenvalue weighted by Gasteiger charge is -2.13. The van der Waals surface area contributed by atoms with Gasteiger partial charge in [0.15, 0.2) is 0 Å². The van der Waals surface area contributed by atoms with Crippen LogP contribution in [0.25, 0.3) is 0 Å². The summed E-state index contributed by atoms with van der Waals surface area (Å²) >= 11 is 0. The number of hydrogen-bond donors (Lipinski definition) is 0. The fourth-order valence-corrected chi connectivity index (χ4v) is 1.10. The zero-order chi connectivity index (χ0) is 6.85. The molecule has 0 fully saturated rings. The largest absolute Gasteiger partial charge is 0.287 e. The molecule has 9 heavy (non-hydrogen) atoms. The summed E-state index contributed by atoms with van der Waals surface area (Å²) in [7, 11) is 5.60. The minimum absolute atomic E-state index is 0.384. The van der Waals surface area contributed by atoms with Crippen LogP contribution >= 0.6 is 0 Å². The topological polar surface area (TPSA) is 12.4 Å². The van der Waals surface area contributed by atoms with E-state index < -0.39 is 0 Å². The third-order valence-corrected chi connectivity index (χ3v) is 1.35. The van der Waals surface area contributed by atoms with E-state index in [-0.39, 0.29) is 0 Å². The van der Waals surface area contributed by atoms with Crippen LogP contribution in [0.4, 0.5) is 0 Å². The molecular weight excluding hydrogens is 109 g/mol. The zero-order valence-corrected chi connectivity index (χ0v) is 5.89. The number of nitrogens with zero attached hydrogens (tertiary/aromatic N) is 1. The molecule has 1 unspecified atom stereocenters. The first kappa shape index (κ1) is 6.59. The van der Waals surface area contributed by atoms with Gasteiger partial charge in [0, 0.05) is 5.71 Å². The molecule has 1 rings (SSSR count). The molecule has 0 bridgehead atoms. The van der Waals surface area contributed by atoms with Crippen LogP contribution in [0, 0.1) is 0 Å². The fourth-order valence-electron chi connectivity index (χ4n) is 1.10. The second kappa shape index (κ2) is 2.38. The van der Waals surface area contributed by atoms with E-state index in [0.717, 1.165) is 17.6 Å². The standard InChI is InChI=1S/C7H10BN/c1-5-3-7(8)4-6(2)9-5/h3,6H,4H2,1-2H3. The Morgan fingerprint density at radius 3 is 2.89 bits per heavy atom. The number of hydrogen-bond acceptors (Lipinski definition) is 1. The summed E-state index contributed by atoms with van der Waals surface area (Å²) in [6.07, 6.45) is 2.84. The van der Waals surface area contributed by atoms with Crippen molar-refractivity contribution in [1.29, 1.82) is 0 Å². The first-order valence-corrected chi connectivity index (χ1v) is 3.19. The molecule has 0 N–H and O–H groups in total. The van der Waals surface area contributed by atoms with Gasteiger partial charge in [-0.3, -0.25) is 4.99 Å². The van der Waals surface area contributed by atoms with Crippen molar-refractivity contribution in [3.63, 3.8) is 0 Å². The Kier molecular flexibility index (Phi) is 1.74. The van der Waals surface area contributed by atoms with Gasteiger partial charge in [-0.15, -0.1) is 5.47 Å². The van der Waals surface area contributed by atoms with E-state index >= 15 is 0 Å². The minimum atomic E-state index is 0.384. The molecule has 0 saturated carbocycles. The highest BCUT2D eigenvalue weighted by molar-refractivity contribution is 6.24. The lowest BCUT2D eigenvalue weighted by Crippen LogP contribution is -2.09. The highest BCUT2D eigenvalue weighted by Crippen LogP contribution is 2.10. The van der Waals surface area contributed by atoms with Crippen molar-refractivity contribution in [3.8, 4) is 0 Å². The smallest absolute Gasteiger partial charge is 0.107 e. The van der Waals surface area contributed by atoms with Crippen molar-refractivity contribution in [2.75, 3.05) is 0 Å². The molecule has 0 amide bonds. The van der Waals surface area contributed by atoms with Gasteiger partial charge >= 0.3 is 0 Å². The Balaban J connectivity index is 2.74. The van der Waals surface area contributed by atoms with Crippen LogP contribution in [-0.2, 0) is 0 Å². The summed E-state index contributed by atoms with van der Waals surface area (Å²) in [6, 6.07) is 0.384. The predicted octanol–water partition coefficient (Wildman–Crippen LogP) is 1.29. The average molecular weight is 119 g/mol. The van der Waals surface area contributed by atoms with Gasteiger partial charge in [0.2, 0.25) is 0 Å². The van der Waals surface area contributed by atoms with Crippen molar-refractivity contribution in [1.82, 2.24) is 0 Å². The molecular formula is C7H10BN. The summed E-state index contributed by atoms with van der Waals surface area (Å²) in [5.41, 5.74) is 2.00. The van der Waals surface area contributed by atoms with Crippen LogP contribution in [0.2, 0.25) is 0 Å². The highest BCUT2D eigenvalue weighted by Gasteiger charge is 2.04. The quantitative estimate of drug-likeness (QED) is 0.426. The molecule has 0 aromatic carbocycles. The van der Waals surface area contributed by atoms with Gasteiger partial charge in [0.25, 0.3) is 0 Å². The molecule has 1 aliphatic heterocycles. The van der Waals surface area contributed by atoms with Crippen LogP contribution in [0.1, 0.15) is 20.3 Å². The summed E-state index contributed by atoms with van der Waals surface area (Å²) in [5.74, 6) is 0. The van der Waals surface area contributed by atoms with E-state index in [2.05, 4.69) is 11.9 Å². The van der Waals surface area contributed by atoms with Gasteiger partial charge in [-0.1, -0.05) is 6.08 Å². The molecule has 2 heteroatoms. The third kappa shape index (κ3) is 1.70. The Bertz CT molecular complexity index is 170. The average Bonchev–Trinajstić information content (AvgIpc) is 1.59. The second-order valence-electron chi connectivity index (χ2n) is 2.54. The van der Waals surface area contributed by atoms with Gasteiger partial charge in [0.1, 0.15) is 7.85 Å². The molecule has 46 valence electrons. The maximum atomic E-state index is 5.60. The van der Waals surface area contributed by atoms with E-state index in [1.54, 1.807) is 0 Å². The number of aliphatic imine (C=N–C) groups is 1. The van der Waals surface area contributed by atoms with Crippen LogP contribution < -0.4 is 0 Å². The summed E-state index contributed by atoms with van der Waals surface area (Å²) in [4.78, 5) is 4.29. The van der Waals surface area contributed by atoms with Crippen molar-refractivity contribution >= 4 is 13.6 Å². The van der Waals surface area contributed by atoms with Gasteiger partial charge in [-0.05, 0) is 20.3 Å². The Morgan fingerprint density at radius 1 is 1.78 bits per heavy atom. The first-order valence-electron chi connectivity index (χ1n) is 3.19. The molecule has 1 heterocycles. The van der Waals surface area contributed by atoms with E-state index in [9.17, 15) is 0 Å². The molecule has 1 nitrogen and oxygen atoms in total. The summed E-state index contributed by atoms with van der Waals surface area (Å²) < 4.78 is 0. The number of rotatable bonds is 0. The lowest BCUT2D eigenvalue weighted by atomic mass is 9.87. The van der Waals surface area contributed by atoms with E-state index in [0.29, 0.717) is 6.04 Å². The van der Waals surface area contributed by atoms with Crippen LogP contribution in [0.3, 0.4) is 0 Å². The molecule has 0 saturated heterocycles. The predicted molar refractivity (Wildman–Crippen MR) is 41.0 cm³/mol. The van der Waals surface area contributed by atoms with Gasteiger partial charge in [-0.2, -0.15) is 0 Å². The van der Waals surface area contributed by atoms with E-state index in [1.165, 1.54) is 0 Å². The van der Waals surface area contributed by atoms with E-state index in [1.807, 2.05) is 13.0 Å². The molecule has 0 aliphatic carbocycles. The Morgan fingerprint density at radius 2 is 2.44 bits per heavy atom. The van der Waals surface area contributed by atoms with Crippen molar-refractivity contribution in [3.05, 3.63) is 11.5 Å². The monoisotopic (exact) mass is 119 g/mol. The fraction of sp³-hybridized carbons (Fsp3) is 0.571. The SMILES string of the molecule is [B]C1=CC(C)=NC(C)C1. The highest BCUT2D eigenvalue weighted by atomic mass is 14.8. The lowest BCUT2D eigenvalue weighted by molar-refractivity contribution is 0.743. The van der Waals surface area contributed by atoms with Crippen molar-refractivity contribution < 1.29 is 0 Å². The summed E-state index contributed by atoms with van der Waals surface area (Å²) in [6.45, 7) is 4.05. The van der Waals surface area contributed by atoms with Gasteiger partial charge < -0.3 is 0 Å². The minimum Gasteiger partial charge on any atom is -0.287 e. The first-order chi connectivity index (χ1) is 4.18. The Labute approximate surface area is 57.3 Å². The molecule has 0 aromatic heterocycles. The number of dihydropyridines is 1. The van der Waals surface area contributed by atoms with Crippen LogP contribution in [0.5, 0.6) is 0 Å². The number of allylic oxidation sites excluding steroid dienone is 1. The molecule has 0 spiro atoms. The summed E-state index contributed by atoms with van der Waals surface area (Å²) in [5, 5.41) is 0. The third-order valence-electron chi connectivity index (χ3n) is 1.35. The Hall–Kier alpha value is -0.525. The second-order valence-corrected chi connectivity index (χ2v) is 2.54. The van der Waals surface area contributed by atoms with Gasteiger partial charge in [-0.25, -0.2) is 0 Å². The zero-order valence-electron chi connectivity index (χ0n) is 5.89.